The minimum atomic E-state index is -0.610. The molecule has 0 radical (unpaired) electrons. The van der Waals surface area contributed by atoms with Crippen LogP contribution in [0.2, 0.25) is 0 Å². The predicted molar refractivity (Wildman–Crippen MR) is 193 cm³/mol. The normalized spacial score (nSPS) is 11.2. The summed E-state index contributed by atoms with van der Waals surface area (Å²) < 4.78 is 11.2. The molecule has 0 unspecified atom stereocenters. The van der Waals surface area contributed by atoms with Gasteiger partial charge >= 0.3 is 5.97 Å². The Morgan fingerprint density at radius 1 is 0.816 bits per heavy atom. The summed E-state index contributed by atoms with van der Waals surface area (Å²) in [6.45, 7) is 11.5. The minimum Gasteiger partial charge on any atom is -0.494 e. The van der Waals surface area contributed by atoms with Crippen molar-refractivity contribution >= 4 is 34.8 Å². The van der Waals surface area contributed by atoms with Gasteiger partial charge in [0, 0.05) is 31.4 Å². The molecule has 0 aliphatic carbocycles. The van der Waals surface area contributed by atoms with E-state index in [2.05, 4.69) is 58.2 Å². The number of carbonyl (C=O) groups is 1. The van der Waals surface area contributed by atoms with Crippen LogP contribution < -0.4 is 9.64 Å². The van der Waals surface area contributed by atoms with Crippen molar-refractivity contribution in [3.63, 3.8) is 0 Å². The third kappa shape index (κ3) is 11.7. The summed E-state index contributed by atoms with van der Waals surface area (Å²) >= 11 is 0. The topological polar surface area (TPSA) is 111 Å². The molecule has 0 aliphatic heterocycles. The zero-order chi connectivity index (χ0) is 34.8. The van der Waals surface area contributed by atoms with Gasteiger partial charge in [-0.25, -0.2) is 4.85 Å². The van der Waals surface area contributed by atoms with Crippen molar-refractivity contribution < 1.29 is 19.2 Å². The highest BCUT2D eigenvalue weighted by Crippen LogP contribution is 2.25. The molecule has 0 aliphatic rings. The fraction of sp³-hybridized carbons (Fsp3) is 0.282. The molecule has 0 bridgehead atoms. The van der Waals surface area contributed by atoms with Crippen molar-refractivity contribution in [3.05, 3.63) is 130 Å². The Morgan fingerprint density at radius 2 is 1.39 bits per heavy atom. The van der Waals surface area contributed by atoms with Gasteiger partial charge < -0.3 is 14.4 Å². The van der Waals surface area contributed by atoms with E-state index in [1.807, 2.05) is 36.4 Å². The van der Waals surface area contributed by atoms with Gasteiger partial charge in [-0.3, -0.25) is 14.9 Å². The first-order chi connectivity index (χ1) is 23.9. The number of anilines is 1. The second kappa shape index (κ2) is 19.1. The standard InChI is InChI=1S/C39H41N5O5/c1-4-5-26-43(3)35-20-14-32(15-21-35)31-12-10-30(11-13-31)29-38(40-2)39(45)49-28-9-7-6-8-27-48-37-24-18-34(19-25-37)42-41-33-16-22-36(23-17-33)44(46)47/h10-25,29H,4-9,26-28H2,1,3H3/b38-29-,42-41?. The second-order valence-corrected chi connectivity index (χ2v) is 11.5. The second-order valence-electron chi connectivity index (χ2n) is 11.5. The first kappa shape index (κ1) is 36.0. The Kier molecular flexibility index (Phi) is 14.0. The lowest BCUT2D eigenvalue weighted by Crippen LogP contribution is -2.17. The van der Waals surface area contributed by atoms with E-state index in [9.17, 15) is 14.9 Å². The van der Waals surface area contributed by atoms with E-state index in [0.717, 1.165) is 54.7 Å². The van der Waals surface area contributed by atoms with Gasteiger partial charge in [0.1, 0.15) is 5.75 Å². The quantitative estimate of drug-likeness (QED) is 0.0200. The van der Waals surface area contributed by atoms with Gasteiger partial charge in [0.15, 0.2) is 0 Å². The molecule has 0 aromatic heterocycles. The van der Waals surface area contributed by atoms with Gasteiger partial charge in [-0.2, -0.15) is 10.2 Å². The van der Waals surface area contributed by atoms with Crippen LogP contribution in [0.1, 0.15) is 51.0 Å². The fourth-order valence-corrected chi connectivity index (χ4v) is 4.85. The van der Waals surface area contributed by atoms with E-state index in [4.69, 9.17) is 16.0 Å². The zero-order valence-corrected chi connectivity index (χ0v) is 28.0. The highest BCUT2D eigenvalue weighted by molar-refractivity contribution is 5.95. The SMILES string of the molecule is [C-]#[N+]/C(=C\c1ccc(-c2ccc(N(C)CCCC)cc2)cc1)C(=O)OCCCCCCOc1ccc(N=Nc2ccc([N+](=O)[O-])cc2)cc1. The molecule has 4 aromatic rings. The Hall–Kier alpha value is -5.82. The lowest BCUT2D eigenvalue weighted by atomic mass is 10.0. The first-order valence-corrected chi connectivity index (χ1v) is 16.4. The van der Waals surface area contributed by atoms with Crippen LogP contribution in [-0.2, 0) is 9.53 Å². The Labute approximate surface area is 287 Å². The number of ether oxygens (including phenoxy) is 2. The Morgan fingerprint density at radius 3 is 1.96 bits per heavy atom. The molecular weight excluding hydrogens is 618 g/mol. The first-order valence-electron chi connectivity index (χ1n) is 16.4. The molecule has 0 spiro atoms. The van der Waals surface area contributed by atoms with Gasteiger partial charge in [-0.15, -0.1) is 0 Å². The number of rotatable bonds is 18. The summed E-state index contributed by atoms with van der Waals surface area (Å²) in [5, 5.41) is 19.0. The number of unbranched alkanes of at least 4 members (excludes halogenated alkanes) is 4. The number of esters is 1. The van der Waals surface area contributed by atoms with Crippen LogP contribution in [0.25, 0.3) is 22.0 Å². The minimum absolute atomic E-state index is 0.00384. The van der Waals surface area contributed by atoms with Crippen molar-refractivity contribution in [2.75, 3.05) is 31.7 Å². The van der Waals surface area contributed by atoms with E-state index in [0.29, 0.717) is 24.4 Å². The van der Waals surface area contributed by atoms with E-state index in [-0.39, 0.29) is 18.0 Å². The number of benzene rings is 4. The van der Waals surface area contributed by atoms with E-state index in [1.54, 1.807) is 30.3 Å². The number of carbonyl (C=O) groups excluding carboxylic acids is 1. The van der Waals surface area contributed by atoms with Crippen molar-refractivity contribution in [2.24, 2.45) is 10.2 Å². The van der Waals surface area contributed by atoms with Gasteiger partial charge in [0.25, 0.3) is 11.4 Å². The summed E-state index contributed by atoms with van der Waals surface area (Å²) in [4.78, 5) is 28.5. The molecule has 10 heteroatoms. The van der Waals surface area contributed by atoms with Crippen LogP contribution in [-0.4, -0.2) is 37.7 Å². The summed E-state index contributed by atoms with van der Waals surface area (Å²) in [6.07, 6.45) is 7.23. The molecule has 0 heterocycles. The summed E-state index contributed by atoms with van der Waals surface area (Å²) in [7, 11) is 2.11. The molecule has 0 saturated carbocycles. The summed E-state index contributed by atoms with van der Waals surface area (Å²) in [5.74, 6) is 0.108. The number of azo groups is 1. The molecule has 0 N–H and O–H groups in total. The van der Waals surface area contributed by atoms with Crippen LogP contribution >= 0.6 is 0 Å². The lowest BCUT2D eigenvalue weighted by Gasteiger charge is -2.19. The molecule has 4 rings (SSSR count). The van der Waals surface area contributed by atoms with Crippen molar-refractivity contribution in [1.82, 2.24) is 0 Å². The van der Waals surface area contributed by atoms with Gasteiger partial charge in [-0.1, -0.05) is 49.7 Å². The van der Waals surface area contributed by atoms with E-state index >= 15 is 0 Å². The molecule has 0 saturated heterocycles. The maximum absolute atomic E-state index is 12.5. The Balaban J connectivity index is 1.12. The number of hydrogen-bond donors (Lipinski definition) is 0. The lowest BCUT2D eigenvalue weighted by molar-refractivity contribution is -0.384. The number of non-ortho nitro benzene ring substituents is 1. The van der Waals surface area contributed by atoms with Gasteiger partial charge in [-0.05, 0) is 103 Å². The van der Waals surface area contributed by atoms with Crippen LogP contribution in [0.4, 0.5) is 22.7 Å². The molecule has 0 fully saturated rings. The van der Waals surface area contributed by atoms with Crippen LogP contribution in [0.5, 0.6) is 5.75 Å². The number of nitro benzene ring substituents is 1. The highest BCUT2D eigenvalue weighted by Gasteiger charge is 2.12. The number of nitro groups is 1. The smallest absolute Gasteiger partial charge is 0.336 e. The van der Waals surface area contributed by atoms with Crippen molar-refractivity contribution in [1.29, 1.82) is 0 Å². The number of hydrogen-bond acceptors (Lipinski definition) is 8. The van der Waals surface area contributed by atoms with Crippen molar-refractivity contribution in [2.45, 2.75) is 45.4 Å². The van der Waals surface area contributed by atoms with Crippen LogP contribution in [0.15, 0.2) is 113 Å². The summed E-state index contributed by atoms with van der Waals surface area (Å²) in [6, 6.07) is 29.3. The van der Waals surface area contributed by atoms with Gasteiger partial charge in [0.2, 0.25) is 0 Å². The third-order valence-electron chi connectivity index (χ3n) is 7.75. The maximum atomic E-state index is 12.5. The monoisotopic (exact) mass is 659 g/mol. The molecule has 49 heavy (non-hydrogen) atoms. The molecule has 0 amide bonds. The largest absolute Gasteiger partial charge is 0.494 e. The van der Waals surface area contributed by atoms with Crippen LogP contribution in [0, 0.1) is 16.7 Å². The summed E-state index contributed by atoms with van der Waals surface area (Å²) in [5.41, 5.74) is 5.25. The predicted octanol–water partition coefficient (Wildman–Crippen LogP) is 10.4. The third-order valence-corrected chi connectivity index (χ3v) is 7.75. The molecule has 0 atom stereocenters. The Bertz CT molecular complexity index is 1740. The average Bonchev–Trinajstić information content (AvgIpc) is 3.14. The zero-order valence-electron chi connectivity index (χ0n) is 28.0. The van der Waals surface area contributed by atoms with Gasteiger partial charge in [0.05, 0.1) is 36.1 Å². The molecule has 4 aromatic carbocycles. The number of nitrogens with zero attached hydrogens (tertiary/aromatic N) is 5. The van der Waals surface area contributed by atoms with Crippen LogP contribution in [0.3, 0.4) is 0 Å². The highest BCUT2D eigenvalue weighted by atomic mass is 16.6. The maximum Gasteiger partial charge on any atom is 0.336 e. The van der Waals surface area contributed by atoms with Crippen molar-refractivity contribution in [3.8, 4) is 16.9 Å². The van der Waals surface area contributed by atoms with E-state index < -0.39 is 10.9 Å². The molecular formula is C39H41N5O5. The molecule has 252 valence electrons. The molecule has 10 nitrogen and oxygen atoms in total. The fourth-order valence-electron chi connectivity index (χ4n) is 4.85. The van der Waals surface area contributed by atoms with E-state index in [1.165, 1.54) is 24.2 Å². The average molecular weight is 660 g/mol.